The molecule has 2 atom stereocenters. The summed E-state index contributed by atoms with van der Waals surface area (Å²) in [7, 11) is 0.379. The topological polar surface area (TPSA) is 53.1 Å². The van der Waals surface area contributed by atoms with E-state index < -0.39 is 0 Å². The molecular weight excluding hydrogens is 270 g/mol. The van der Waals surface area contributed by atoms with Gasteiger partial charge in [-0.05, 0) is 57.0 Å². The second-order valence-corrected chi connectivity index (χ2v) is 9.49. The highest BCUT2D eigenvalue weighted by molar-refractivity contribution is 7.97. The summed E-state index contributed by atoms with van der Waals surface area (Å²) >= 11 is 0. The van der Waals surface area contributed by atoms with Crippen molar-refractivity contribution in [2.24, 2.45) is 5.73 Å². The first-order valence-electron chi connectivity index (χ1n) is 7.33. The van der Waals surface area contributed by atoms with E-state index in [1.165, 1.54) is 11.3 Å². The van der Waals surface area contributed by atoms with Crippen LogP contribution in [0.2, 0.25) is 0 Å². The van der Waals surface area contributed by atoms with Gasteiger partial charge in [0.25, 0.3) is 0 Å². The third kappa shape index (κ3) is 3.38. The normalized spacial score (nSPS) is 20.2. The number of fused-ring (bicyclic) bond motifs is 1. The zero-order chi connectivity index (χ0) is 14.9. The van der Waals surface area contributed by atoms with Crippen molar-refractivity contribution in [3.8, 4) is 0 Å². The van der Waals surface area contributed by atoms with Gasteiger partial charge in [-0.2, -0.15) is 5.10 Å². The molecule has 1 aliphatic carbocycles. The van der Waals surface area contributed by atoms with Crippen LogP contribution >= 0.6 is 0 Å². The molecule has 20 heavy (non-hydrogen) atoms. The molecule has 0 aromatic carbocycles. The van der Waals surface area contributed by atoms with E-state index in [-0.39, 0.29) is 6.04 Å². The molecular formula is C15H28N3OS+. The van der Waals surface area contributed by atoms with Gasteiger partial charge >= 0.3 is 0 Å². The summed E-state index contributed by atoms with van der Waals surface area (Å²) in [5, 5.41) is 4.61. The zero-order valence-corrected chi connectivity index (χ0v) is 14.2. The fourth-order valence-electron chi connectivity index (χ4n) is 2.42. The van der Waals surface area contributed by atoms with E-state index in [4.69, 9.17) is 10.5 Å². The molecule has 2 unspecified atom stereocenters. The summed E-state index contributed by atoms with van der Waals surface area (Å²) in [6.45, 7) is 10.3. The molecule has 1 aromatic heterocycles. The van der Waals surface area contributed by atoms with Crippen LogP contribution in [-0.2, 0) is 28.8 Å². The van der Waals surface area contributed by atoms with Gasteiger partial charge < -0.3 is 10.5 Å². The Labute approximate surface area is 125 Å². The predicted molar refractivity (Wildman–Crippen MR) is 86.1 cm³/mol. The molecule has 1 aliphatic rings. The molecule has 0 fully saturated rings. The van der Waals surface area contributed by atoms with Crippen molar-refractivity contribution in [3.05, 3.63) is 17.0 Å². The first-order chi connectivity index (χ1) is 9.30. The quantitative estimate of drug-likeness (QED) is 0.669. The average molecular weight is 298 g/mol. The van der Waals surface area contributed by atoms with Gasteiger partial charge in [0.05, 0.1) is 18.6 Å². The highest BCUT2D eigenvalue weighted by atomic mass is 32.2. The number of ether oxygens (including phenoxy) is 1. The molecule has 5 heteroatoms. The molecule has 0 spiro atoms. The number of nitrogens with two attached hydrogens (primary N) is 1. The number of aromatic nitrogens is 2. The second-order valence-electron chi connectivity index (χ2n) is 6.58. The Kier molecular flexibility index (Phi) is 4.82. The molecule has 0 radical (unpaired) electrons. The van der Waals surface area contributed by atoms with Gasteiger partial charge in [-0.15, -0.1) is 0 Å². The zero-order valence-electron chi connectivity index (χ0n) is 13.4. The third-order valence-corrected chi connectivity index (χ3v) is 7.08. The van der Waals surface area contributed by atoms with Crippen molar-refractivity contribution in [1.82, 2.24) is 9.78 Å². The Morgan fingerprint density at radius 2 is 2.15 bits per heavy atom. The molecule has 2 rings (SSSR count). The van der Waals surface area contributed by atoms with Crippen molar-refractivity contribution in [1.29, 1.82) is 0 Å². The highest BCUT2D eigenvalue weighted by Gasteiger charge is 2.29. The van der Waals surface area contributed by atoms with Crippen LogP contribution in [0.4, 0.5) is 0 Å². The van der Waals surface area contributed by atoms with Crippen LogP contribution in [0.15, 0.2) is 0 Å². The second kappa shape index (κ2) is 6.08. The molecule has 2 N–H and O–H groups in total. The largest absolute Gasteiger partial charge is 0.354 e. The summed E-state index contributed by atoms with van der Waals surface area (Å²) in [5.74, 6) is 1.11. The Hall–Kier alpha value is -0.520. The van der Waals surface area contributed by atoms with Crippen LogP contribution in [0.3, 0.4) is 0 Å². The van der Waals surface area contributed by atoms with Crippen LogP contribution in [0.1, 0.15) is 50.2 Å². The van der Waals surface area contributed by atoms with Gasteiger partial charge in [0.2, 0.25) is 0 Å². The standard InChI is InChI=1S/C15H28N3OS/c1-11-12-6-7-13(16)14(12)17-18(11)10-19-8-9-20(5)15(2,3)4/h13H,6-10,16H2,1-5H3/q+1. The van der Waals surface area contributed by atoms with Gasteiger partial charge in [-0.1, -0.05) is 0 Å². The molecule has 0 saturated heterocycles. The van der Waals surface area contributed by atoms with E-state index in [2.05, 4.69) is 39.0 Å². The molecule has 0 aliphatic heterocycles. The predicted octanol–water partition coefficient (Wildman–Crippen LogP) is 2.16. The van der Waals surface area contributed by atoms with Gasteiger partial charge in [0.1, 0.15) is 17.2 Å². The fraction of sp³-hybridized carbons (Fsp3) is 0.800. The Bertz CT molecular complexity index is 464. The van der Waals surface area contributed by atoms with Crippen molar-refractivity contribution < 1.29 is 4.74 Å². The minimum atomic E-state index is 0.118. The maximum atomic E-state index is 6.06. The molecule has 0 saturated carbocycles. The number of rotatable bonds is 5. The van der Waals surface area contributed by atoms with E-state index in [1.54, 1.807) is 0 Å². The summed E-state index contributed by atoms with van der Waals surface area (Å²) < 4.78 is 8.15. The van der Waals surface area contributed by atoms with E-state index in [0.29, 0.717) is 22.4 Å². The van der Waals surface area contributed by atoms with Gasteiger partial charge in [-0.3, -0.25) is 0 Å². The lowest BCUT2D eigenvalue weighted by Crippen LogP contribution is -2.31. The number of hydrogen-bond acceptors (Lipinski definition) is 3. The summed E-state index contributed by atoms with van der Waals surface area (Å²) in [4.78, 5) is 0. The lowest BCUT2D eigenvalue weighted by Gasteiger charge is -2.18. The van der Waals surface area contributed by atoms with E-state index >= 15 is 0 Å². The number of nitrogens with zero attached hydrogens (tertiary/aromatic N) is 2. The maximum absolute atomic E-state index is 6.06. The average Bonchev–Trinajstić information content (AvgIpc) is 2.86. The maximum Gasteiger partial charge on any atom is 0.139 e. The van der Waals surface area contributed by atoms with Gasteiger partial charge in [0.15, 0.2) is 0 Å². The minimum Gasteiger partial charge on any atom is -0.354 e. The Morgan fingerprint density at radius 3 is 2.75 bits per heavy atom. The van der Waals surface area contributed by atoms with Crippen molar-refractivity contribution in [3.63, 3.8) is 0 Å². The van der Waals surface area contributed by atoms with Crippen molar-refractivity contribution in [2.45, 2.75) is 58.1 Å². The van der Waals surface area contributed by atoms with Crippen LogP contribution in [0.5, 0.6) is 0 Å². The van der Waals surface area contributed by atoms with E-state index in [1.807, 2.05) is 4.68 Å². The van der Waals surface area contributed by atoms with Gasteiger partial charge in [-0.25, -0.2) is 4.68 Å². The van der Waals surface area contributed by atoms with Crippen LogP contribution in [0.25, 0.3) is 0 Å². The number of hydrogen-bond donors (Lipinski definition) is 1. The minimum absolute atomic E-state index is 0.118. The van der Waals surface area contributed by atoms with Crippen LogP contribution < -0.4 is 5.73 Å². The smallest absolute Gasteiger partial charge is 0.139 e. The Morgan fingerprint density at radius 1 is 1.45 bits per heavy atom. The SMILES string of the molecule is Cc1c2c(nn1COCC[S+](C)C(C)(C)C)C(N)CC2. The first-order valence-corrected chi connectivity index (χ1v) is 9.13. The molecule has 1 aromatic rings. The lowest BCUT2D eigenvalue weighted by atomic mass is 10.2. The van der Waals surface area contributed by atoms with Gasteiger partial charge in [0, 0.05) is 11.7 Å². The molecule has 4 nitrogen and oxygen atoms in total. The van der Waals surface area contributed by atoms with Crippen LogP contribution in [-0.4, -0.2) is 33.1 Å². The van der Waals surface area contributed by atoms with E-state index in [9.17, 15) is 0 Å². The highest BCUT2D eigenvalue weighted by Crippen LogP contribution is 2.30. The van der Waals surface area contributed by atoms with Crippen molar-refractivity contribution in [2.75, 3.05) is 18.6 Å². The monoisotopic (exact) mass is 298 g/mol. The molecule has 1 heterocycles. The summed E-state index contributed by atoms with van der Waals surface area (Å²) in [6, 6.07) is 0.118. The first kappa shape index (κ1) is 15.9. The van der Waals surface area contributed by atoms with E-state index in [0.717, 1.165) is 30.9 Å². The lowest BCUT2D eigenvalue weighted by molar-refractivity contribution is 0.0788. The van der Waals surface area contributed by atoms with Crippen LogP contribution in [0, 0.1) is 6.92 Å². The molecule has 114 valence electrons. The molecule has 0 amide bonds. The Balaban J connectivity index is 1.83. The summed E-state index contributed by atoms with van der Waals surface area (Å²) in [5.41, 5.74) is 9.70. The molecule has 0 bridgehead atoms. The summed E-state index contributed by atoms with van der Waals surface area (Å²) in [6.07, 6.45) is 4.41. The van der Waals surface area contributed by atoms with Crippen molar-refractivity contribution >= 4 is 10.9 Å². The fourth-order valence-corrected chi connectivity index (χ4v) is 3.40. The third-order valence-electron chi connectivity index (χ3n) is 4.21.